The van der Waals surface area contributed by atoms with Gasteiger partial charge >= 0.3 is 34.3 Å². The summed E-state index contributed by atoms with van der Waals surface area (Å²) in [4.78, 5) is 118. The Morgan fingerprint density at radius 3 is 2.24 bits per heavy atom. The van der Waals surface area contributed by atoms with Gasteiger partial charge in [-0.1, -0.05) is 77.2 Å². The summed E-state index contributed by atoms with van der Waals surface area (Å²) in [5.74, 6) is -6.42. The van der Waals surface area contributed by atoms with E-state index in [1.165, 1.54) is 37.8 Å². The number of carbonyl (C=O) groups excluding carboxylic acids is 9. The number of cyclic esters (lactones) is 2. The zero-order valence-corrected chi connectivity index (χ0v) is 42.5. The molecule has 9 amide bonds. The van der Waals surface area contributed by atoms with Crippen LogP contribution in [0.3, 0.4) is 0 Å². The van der Waals surface area contributed by atoms with Crippen LogP contribution in [0.4, 0.5) is 9.59 Å². The van der Waals surface area contributed by atoms with Gasteiger partial charge in [0.25, 0.3) is 5.91 Å². The number of urea groups is 2. The Morgan fingerprint density at radius 1 is 0.944 bits per heavy atom. The molecule has 0 aromatic rings. The number of hydrogen-bond donors (Lipinski definition) is 10. The summed E-state index contributed by atoms with van der Waals surface area (Å²) in [5.41, 5.74) is 3.31. The fourth-order valence-corrected chi connectivity index (χ4v) is 6.49. The number of carbonyl (C=O) groups is 9. The van der Waals surface area contributed by atoms with Gasteiger partial charge in [-0.15, -0.1) is 0 Å². The smallest absolute Gasteiger partial charge is 0.361 e. The summed E-state index contributed by atoms with van der Waals surface area (Å²) in [5, 5.41) is 16.1. The molecule has 1 aliphatic heterocycles. The number of hydrogen-bond acceptors (Lipinski definition) is 14. The maximum absolute atomic E-state index is 14.1. The third-order valence-electron chi connectivity index (χ3n) is 10.3. The van der Waals surface area contributed by atoms with Crippen LogP contribution in [0.25, 0.3) is 0 Å². The van der Waals surface area contributed by atoms with E-state index < -0.39 is 125 Å². The molecule has 5 unspecified atom stereocenters. The van der Waals surface area contributed by atoms with Crippen molar-refractivity contribution >= 4 is 63.8 Å². The van der Waals surface area contributed by atoms with Gasteiger partial charge in [-0.25, -0.2) is 14.3 Å². The van der Waals surface area contributed by atoms with Gasteiger partial charge in [0.05, 0.1) is 18.1 Å². The normalized spacial score (nSPS) is 21.7. The Balaban J connectivity index is 3.66. The lowest BCUT2D eigenvalue weighted by atomic mass is 9.83. The van der Waals surface area contributed by atoms with Crippen LogP contribution in [0, 0.1) is 17.3 Å². The molecule has 11 N–H and O–H groups in total. The van der Waals surface area contributed by atoms with E-state index in [4.69, 9.17) is 24.5 Å². The van der Waals surface area contributed by atoms with Gasteiger partial charge in [0, 0.05) is 32.7 Å². The Labute approximate surface area is 415 Å². The molecule has 0 aromatic carbocycles. The molecule has 0 saturated carbocycles. The van der Waals surface area contributed by atoms with Crippen LogP contribution in [-0.4, -0.2) is 130 Å². The Hall–Kier alpha value is -6.60. The number of amides is 9. The maximum atomic E-state index is 14.1. The molecule has 0 spiro atoms. The SMILES string of the molecule is CCC=C1NC(=O)C=CC(C(C)C)OC(=O)C(C)(C)C(CC(C=CC=CCC=CCCC(C)C)OC)OC(=O)CNC(=O)C(CNC(N)=O)NC(=O)CNC(=O)C(CCCNC(=O)NS(=O)(=O)O)NC1=O. The largest absolute Gasteiger partial charge is 0.460 e. The minimum atomic E-state index is -4.88. The van der Waals surface area contributed by atoms with E-state index in [-0.39, 0.29) is 37.9 Å². The molecule has 0 aliphatic carbocycles. The molecular weight excluding hydrogens is 951 g/mol. The van der Waals surface area contributed by atoms with Gasteiger partial charge < -0.3 is 57.2 Å². The summed E-state index contributed by atoms with van der Waals surface area (Å²) in [6.07, 6.45) is 14.6. The van der Waals surface area contributed by atoms with Crippen LogP contribution in [0.1, 0.15) is 93.4 Å². The Kier molecular flexibility index (Phi) is 28.4. The van der Waals surface area contributed by atoms with Crippen molar-refractivity contribution in [2.45, 2.75) is 124 Å². The monoisotopic (exact) mass is 1020 g/mol. The van der Waals surface area contributed by atoms with Crippen molar-refractivity contribution in [3.8, 4) is 0 Å². The minimum Gasteiger partial charge on any atom is -0.460 e. The van der Waals surface area contributed by atoms with Crippen molar-refractivity contribution in [2.24, 2.45) is 23.0 Å². The average Bonchev–Trinajstić information content (AvgIpc) is 3.28. The summed E-state index contributed by atoms with van der Waals surface area (Å²) in [7, 11) is -3.45. The number of primary amides is 1. The first kappa shape index (κ1) is 62.4. The van der Waals surface area contributed by atoms with Crippen molar-refractivity contribution in [2.75, 3.05) is 33.3 Å². The molecule has 24 nitrogen and oxygen atoms in total. The summed E-state index contributed by atoms with van der Waals surface area (Å²) >= 11 is 0. The fourth-order valence-electron chi connectivity index (χ4n) is 6.18. The van der Waals surface area contributed by atoms with E-state index in [2.05, 4.69) is 63.2 Å². The highest BCUT2D eigenvalue weighted by Crippen LogP contribution is 2.31. The third-order valence-corrected chi connectivity index (χ3v) is 10.7. The second kappa shape index (κ2) is 32.3. The molecule has 1 aliphatic rings. The lowest BCUT2D eigenvalue weighted by Crippen LogP contribution is -2.56. The molecule has 1 heterocycles. The van der Waals surface area contributed by atoms with Crippen LogP contribution in [-0.2, 0) is 58.1 Å². The minimum absolute atomic E-state index is 0.0736. The van der Waals surface area contributed by atoms with Crippen LogP contribution >= 0.6 is 0 Å². The molecule has 0 radical (unpaired) electrons. The van der Waals surface area contributed by atoms with Crippen molar-refractivity contribution < 1.29 is 70.3 Å². The van der Waals surface area contributed by atoms with E-state index in [9.17, 15) is 51.6 Å². The number of nitrogens with two attached hydrogens (primary N) is 1. The highest BCUT2D eigenvalue weighted by Gasteiger charge is 2.43. The molecule has 0 fully saturated rings. The second-order valence-electron chi connectivity index (χ2n) is 17.5. The number of rotatable bonds is 19. The molecule has 0 bridgehead atoms. The Morgan fingerprint density at radius 2 is 1.62 bits per heavy atom. The summed E-state index contributed by atoms with van der Waals surface area (Å²) < 4.78 is 49.5. The van der Waals surface area contributed by atoms with E-state index >= 15 is 0 Å². The zero-order valence-electron chi connectivity index (χ0n) is 41.7. The van der Waals surface area contributed by atoms with Crippen molar-refractivity contribution in [3.05, 3.63) is 60.4 Å². The molecular formula is C46H73N9O15S. The zero-order chi connectivity index (χ0) is 53.7. The number of nitrogens with one attached hydrogen (secondary N) is 8. The topological polar surface area (TPSA) is 358 Å². The number of ether oxygens (including phenoxy) is 3. The van der Waals surface area contributed by atoms with Gasteiger partial charge in [-0.2, -0.15) is 8.42 Å². The number of allylic oxidation sites excluding steroid dienone is 6. The van der Waals surface area contributed by atoms with Gasteiger partial charge in [0.1, 0.15) is 36.5 Å². The van der Waals surface area contributed by atoms with Crippen LogP contribution in [0.15, 0.2) is 60.4 Å². The van der Waals surface area contributed by atoms with Crippen LogP contribution < -0.4 is 47.7 Å². The van der Waals surface area contributed by atoms with Crippen molar-refractivity contribution in [1.29, 1.82) is 0 Å². The fraction of sp³-hybridized carbons (Fsp3) is 0.587. The molecule has 25 heteroatoms. The molecule has 0 saturated heterocycles. The van der Waals surface area contributed by atoms with Crippen LogP contribution in [0.2, 0.25) is 0 Å². The predicted molar refractivity (Wildman–Crippen MR) is 260 cm³/mol. The first-order valence-corrected chi connectivity index (χ1v) is 24.6. The molecule has 71 heavy (non-hydrogen) atoms. The Bertz CT molecular complexity index is 2100. The third kappa shape index (κ3) is 26.8. The van der Waals surface area contributed by atoms with Crippen molar-refractivity contribution in [1.82, 2.24) is 41.9 Å². The quantitative estimate of drug-likeness (QED) is 0.0217. The van der Waals surface area contributed by atoms with Gasteiger partial charge in [0.2, 0.25) is 23.6 Å². The lowest BCUT2D eigenvalue weighted by Gasteiger charge is -2.34. The molecule has 398 valence electrons. The molecule has 5 atom stereocenters. The first-order valence-electron chi connectivity index (χ1n) is 23.1. The van der Waals surface area contributed by atoms with Gasteiger partial charge in [-0.05, 0) is 70.3 Å². The maximum Gasteiger partial charge on any atom is 0.361 e. The first-order chi connectivity index (χ1) is 33.3. The highest BCUT2D eigenvalue weighted by molar-refractivity contribution is 7.84. The number of methoxy groups -OCH3 is 1. The molecule has 1 rings (SSSR count). The summed E-state index contributed by atoms with van der Waals surface area (Å²) in [6, 6.07) is -5.42. The molecule has 0 aromatic heterocycles. The van der Waals surface area contributed by atoms with E-state index in [0.717, 1.165) is 18.9 Å². The summed E-state index contributed by atoms with van der Waals surface area (Å²) in [6.45, 7) is 9.91. The van der Waals surface area contributed by atoms with E-state index in [1.807, 2.05) is 12.2 Å². The number of esters is 2. The average molecular weight is 1020 g/mol. The predicted octanol–water partition coefficient (Wildman–Crippen LogP) is 1.12. The van der Waals surface area contributed by atoms with E-state index in [0.29, 0.717) is 12.3 Å². The standard InChI is InChI=1S/C46H73N9O15S/c1-9-18-32-42(61)54-33(21-17-24-48-45(64)55-71(65,66)67)40(59)49-27-38(57)53-34(26-51-44(47)63)41(60)50-28-39(58)70-36(25-31(68-8)20-16-14-12-10-11-13-15-19-29(2)3)46(6,7)43(62)69-35(30(4)5)22-23-37(56)52-32/h11-14,16,18,20,22-23,29-31,33-36H,9-10,15,17,19,21,24-28H2,1-8H3,(H,49,59)(H,50,60)(H,52,56)(H,53,57)(H,54,61)(H3,47,51,63)(H2,48,55,64)(H,65,66,67). The van der Waals surface area contributed by atoms with Gasteiger partial charge in [-0.3, -0.25) is 38.1 Å². The lowest BCUT2D eigenvalue weighted by molar-refractivity contribution is -0.175. The van der Waals surface area contributed by atoms with E-state index in [1.54, 1.807) is 32.9 Å². The van der Waals surface area contributed by atoms with Crippen molar-refractivity contribution in [3.63, 3.8) is 0 Å². The highest BCUT2D eigenvalue weighted by atomic mass is 32.2. The second-order valence-corrected chi connectivity index (χ2v) is 18.6. The van der Waals surface area contributed by atoms with Gasteiger partial charge in [0.15, 0.2) is 0 Å². The van der Waals surface area contributed by atoms with Crippen LogP contribution in [0.5, 0.6) is 0 Å².